The van der Waals surface area contributed by atoms with Crippen LogP contribution in [-0.2, 0) is 22.4 Å². The second-order valence-electron chi connectivity index (χ2n) is 10.5. The molecule has 5 heteroatoms. The number of amides is 1. The maximum absolute atomic E-state index is 14.1. The van der Waals surface area contributed by atoms with Crippen LogP contribution in [0.15, 0.2) is 54.6 Å². The van der Waals surface area contributed by atoms with Crippen molar-refractivity contribution >= 4 is 5.91 Å². The Labute approximate surface area is 198 Å². The number of aliphatic hydroxyl groups excluding tert-OH is 1. The molecule has 1 aliphatic carbocycles. The Morgan fingerprint density at radius 3 is 2.55 bits per heavy atom. The van der Waals surface area contributed by atoms with Gasteiger partial charge in [-0.3, -0.25) is 4.79 Å². The molecule has 2 aliphatic rings. The number of hydrogen-bond donors (Lipinski definition) is 2. The molecule has 1 heterocycles. The predicted molar refractivity (Wildman–Crippen MR) is 131 cm³/mol. The van der Waals surface area contributed by atoms with E-state index in [1.807, 2.05) is 43.0 Å². The molecule has 178 valence electrons. The molecule has 0 spiro atoms. The van der Waals surface area contributed by atoms with Crippen molar-refractivity contribution < 1.29 is 14.6 Å². The Morgan fingerprint density at radius 2 is 1.82 bits per heavy atom. The smallest absolute Gasteiger partial charge is 0.228 e. The number of ether oxygens (including phenoxy) is 1. The van der Waals surface area contributed by atoms with Crippen molar-refractivity contribution in [3.63, 3.8) is 0 Å². The Bertz CT molecular complexity index is 943. The van der Waals surface area contributed by atoms with E-state index >= 15 is 0 Å². The summed E-state index contributed by atoms with van der Waals surface area (Å²) in [6.07, 6.45) is 1.26. The van der Waals surface area contributed by atoms with Crippen LogP contribution in [0.25, 0.3) is 0 Å². The summed E-state index contributed by atoms with van der Waals surface area (Å²) in [4.78, 5) is 16.1. The zero-order chi connectivity index (χ0) is 23.6. The van der Waals surface area contributed by atoms with E-state index in [0.717, 1.165) is 18.5 Å². The van der Waals surface area contributed by atoms with Gasteiger partial charge in [0.05, 0.1) is 18.2 Å². The van der Waals surface area contributed by atoms with E-state index in [9.17, 15) is 9.90 Å². The van der Waals surface area contributed by atoms with Gasteiger partial charge in [-0.15, -0.1) is 0 Å². The summed E-state index contributed by atoms with van der Waals surface area (Å²) < 4.78 is 6.42. The molecule has 2 aromatic rings. The van der Waals surface area contributed by atoms with E-state index < -0.39 is 11.8 Å². The van der Waals surface area contributed by atoms with Gasteiger partial charge in [-0.1, -0.05) is 68.4 Å². The molecule has 2 N–H and O–H groups in total. The van der Waals surface area contributed by atoms with Gasteiger partial charge < -0.3 is 20.1 Å². The minimum Gasteiger partial charge on any atom is -0.392 e. The van der Waals surface area contributed by atoms with E-state index in [1.54, 1.807) is 0 Å². The van der Waals surface area contributed by atoms with Gasteiger partial charge in [0.15, 0.2) is 0 Å². The molecule has 0 saturated carbocycles. The number of carbonyl (C=O) groups excluding carboxylic acids is 1. The van der Waals surface area contributed by atoms with Crippen molar-refractivity contribution in [2.24, 2.45) is 11.8 Å². The highest BCUT2D eigenvalue weighted by atomic mass is 16.5. The van der Waals surface area contributed by atoms with Crippen molar-refractivity contribution in [3.8, 4) is 0 Å². The summed E-state index contributed by atoms with van der Waals surface area (Å²) in [6.45, 7) is 9.62. The fraction of sp³-hybridized carbons (Fsp3) is 0.536. The molecule has 1 amide bonds. The van der Waals surface area contributed by atoms with Crippen molar-refractivity contribution in [2.45, 2.75) is 70.9 Å². The van der Waals surface area contributed by atoms with Crippen molar-refractivity contribution in [3.05, 3.63) is 71.3 Å². The van der Waals surface area contributed by atoms with Gasteiger partial charge in [0.2, 0.25) is 5.91 Å². The molecule has 0 unspecified atom stereocenters. The lowest BCUT2D eigenvalue weighted by Crippen LogP contribution is -2.48. The highest BCUT2D eigenvalue weighted by molar-refractivity contribution is 5.81. The summed E-state index contributed by atoms with van der Waals surface area (Å²) in [5.74, 6) is 0.259. The quantitative estimate of drug-likeness (QED) is 0.604. The lowest BCUT2D eigenvalue weighted by atomic mass is 9.90. The van der Waals surface area contributed by atoms with E-state index in [4.69, 9.17) is 4.74 Å². The number of fused-ring (bicyclic) bond motifs is 3. The summed E-state index contributed by atoms with van der Waals surface area (Å²) in [7, 11) is 0. The summed E-state index contributed by atoms with van der Waals surface area (Å²) in [6, 6.07) is 18.4. The highest BCUT2D eigenvalue weighted by Gasteiger charge is 2.54. The van der Waals surface area contributed by atoms with Crippen LogP contribution in [-0.4, -0.2) is 46.9 Å². The Kier molecular flexibility index (Phi) is 7.22. The molecule has 0 aromatic heterocycles. The normalized spacial score (nSPS) is 22.8. The highest BCUT2D eigenvalue weighted by Crippen LogP contribution is 2.49. The number of benzene rings is 2. The van der Waals surface area contributed by atoms with Gasteiger partial charge in [0, 0.05) is 18.9 Å². The van der Waals surface area contributed by atoms with E-state index in [-0.39, 0.29) is 24.0 Å². The standard InChI is InChI=1S/C28H38N2O3/c1-19(2)17-29-18-23(31)15-22(14-20-10-6-5-7-11-20)27(32)30-26-24-13-9-8-12-21(24)16-25(26)33-28(30,3)4/h5-13,19,22-23,25-26,29,31H,14-18H2,1-4H3/t22-,23+,25-,26+/m1/s1. The summed E-state index contributed by atoms with van der Waals surface area (Å²) in [5, 5.41) is 14.1. The first-order valence-corrected chi connectivity index (χ1v) is 12.3. The first-order chi connectivity index (χ1) is 15.8. The van der Waals surface area contributed by atoms with E-state index in [0.29, 0.717) is 25.3 Å². The predicted octanol–water partition coefficient (Wildman–Crippen LogP) is 4.10. The molecule has 1 aliphatic heterocycles. The van der Waals surface area contributed by atoms with Gasteiger partial charge in [0.1, 0.15) is 5.72 Å². The lowest BCUT2D eigenvalue weighted by Gasteiger charge is -2.37. The number of hydrogen-bond acceptors (Lipinski definition) is 4. The maximum atomic E-state index is 14.1. The Balaban J connectivity index is 1.58. The molecule has 4 atom stereocenters. The molecule has 1 saturated heterocycles. The average Bonchev–Trinajstić information content (AvgIpc) is 3.23. The largest absolute Gasteiger partial charge is 0.392 e. The Morgan fingerprint density at radius 1 is 1.12 bits per heavy atom. The van der Waals surface area contributed by atoms with Crippen molar-refractivity contribution in [1.82, 2.24) is 10.2 Å². The topological polar surface area (TPSA) is 61.8 Å². The first kappa shape index (κ1) is 23.9. The van der Waals surface area contributed by atoms with Crippen LogP contribution in [0.5, 0.6) is 0 Å². The molecule has 4 rings (SSSR count). The van der Waals surface area contributed by atoms with Gasteiger partial charge in [0.25, 0.3) is 0 Å². The molecular formula is C28H38N2O3. The molecule has 5 nitrogen and oxygen atoms in total. The second kappa shape index (κ2) is 9.96. The zero-order valence-corrected chi connectivity index (χ0v) is 20.3. The van der Waals surface area contributed by atoms with Crippen molar-refractivity contribution in [2.75, 3.05) is 13.1 Å². The van der Waals surface area contributed by atoms with Crippen LogP contribution in [0, 0.1) is 11.8 Å². The van der Waals surface area contributed by atoms with Gasteiger partial charge >= 0.3 is 0 Å². The van der Waals surface area contributed by atoms with Gasteiger partial charge in [-0.25, -0.2) is 0 Å². The third kappa shape index (κ3) is 5.32. The number of nitrogens with one attached hydrogen (secondary N) is 1. The van der Waals surface area contributed by atoms with Gasteiger partial charge in [-0.2, -0.15) is 0 Å². The number of carbonyl (C=O) groups is 1. The number of nitrogens with zero attached hydrogens (tertiary/aromatic N) is 1. The van der Waals surface area contributed by atoms with E-state index in [2.05, 4.69) is 49.5 Å². The second-order valence-corrected chi connectivity index (χ2v) is 10.5. The van der Waals surface area contributed by atoms with E-state index in [1.165, 1.54) is 11.1 Å². The summed E-state index contributed by atoms with van der Waals surface area (Å²) >= 11 is 0. The third-order valence-corrected chi connectivity index (χ3v) is 6.85. The van der Waals surface area contributed by atoms with Crippen LogP contribution in [0.3, 0.4) is 0 Å². The molecule has 2 aromatic carbocycles. The molecular weight excluding hydrogens is 412 g/mol. The number of aliphatic hydroxyl groups is 1. The van der Waals surface area contributed by atoms with Gasteiger partial charge in [-0.05, 0) is 55.8 Å². The monoisotopic (exact) mass is 450 g/mol. The molecule has 0 radical (unpaired) electrons. The van der Waals surface area contributed by atoms with Crippen LogP contribution < -0.4 is 5.32 Å². The first-order valence-electron chi connectivity index (χ1n) is 12.3. The minimum absolute atomic E-state index is 0.0173. The molecule has 33 heavy (non-hydrogen) atoms. The lowest BCUT2D eigenvalue weighted by molar-refractivity contribution is -0.153. The van der Waals surface area contributed by atoms with Crippen LogP contribution in [0.1, 0.15) is 56.8 Å². The number of rotatable bonds is 9. The van der Waals surface area contributed by atoms with Crippen molar-refractivity contribution in [1.29, 1.82) is 0 Å². The fourth-order valence-electron chi connectivity index (χ4n) is 5.43. The van der Waals surface area contributed by atoms with Crippen LogP contribution in [0.2, 0.25) is 0 Å². The minimum atomic E-state index is -0.685. The SMILES string of the molecule is CC(C)CNC[C@@H](O)C[C@@H](Cc1ccccc1)C(=O)N1[C@H]2c3ccccc3C[C@H]2OC1(C)C. The molecule has 0 bridgehead atoms. The Hall–Kier alpha value is -2.21. The third-order valence-electron chi connectivity index (χ3n) is 6.85. The zero-order valence-electron chi connectivity index (χ0n) is 20.3. The molecule has 1 fully saturated rings. The maximum Gasteiger partial charge on any atom is 0.228 e. The average molecular weight is 451 g/mol. The van der Waals surface area contributed by atoms with Crippen LogP contribution >= 0.6 is 0 Å². The fourth-order valence-corrected chi connectivity index (χ4v) is 5.43. The van der Waals surface area contributed by atoms with Crippen LogP contribution in [0.4, 0.5) is 0 Å². The summed E-state index contributed by atoms with van der Waals surface area (Å²) in [5.41, 5.74) is 2.88.